The molecule has 0 bridgehead atoms. The topological polar surface area (TPSA) is 39.6 Å². The highest BCUT2D eigenvalue weighted by atomic mass is 16.3. The molecule has 1 aliphatic rings. The molecule has 1 saturated heterocycles. The highest BCUT2D eigenvalue weighted by Gasteiger charge is 2.26. The molecule has 1 N–H and O–H groups in total. The van der Waals surface area contributed by atoms with E-state index in [1.165, 1.54) is 5.56 Å². The van der Waals surface area contributed by atoms with Gasteiger partial charge in [-0.2, -0.15) is 0 Å². The smallest absolute Gasteiger partial charge is 0.0547 e. The number of nitrogens with zero attached hydrogens (tertiary/aromatic N) is 3. The first-order valence-electron chi connectivity index (χ1n) is 9.46. The molecule has 1 aromatic carbocycles. The number of aliphatic hydroxyl groups is 1. The minimum atomic E-state index is 0.232. The van der Waals surface area contributed by atoms with Gasteiger partial charge in [-0.3, -0.25) is 14.8 Å². The third-order valence-electron chi connectivity index (χ3n) is 4.94. The van der Waals surface area contributed by atoms with E-state index in [4.69, 9.17) is 0 Å². The van der Waals surface area contributed by atoms with Gasteiger partial charge in [-0.25, -0.2) is 0 Å². The highest BCUT2D eigenvalue weighted by Crippen LogP contribution is 2.16. The van der Waals surface area contributed by atoms with E-state index >= 15 is 0 Å². The van der Waals surface area contributed by atoms with Crippen molar-refractivity contribution in [3.8, 4) is 0 Å². The molecule has 0 spiro atoms. The van der Waals surface area contributed by atoms with E-state index in [0.29, 0.717) is 6.04 Å². The predicted molar refractivity (Wildman–Crippen MR) is 107 cm³/mol. The van der Waals surface area contributed by atoms with Gasteiger partial charge in [-0.05, 0) is 31.0 Å². The third-order valence-corrected chi connectivity index (χ3v) is 4.94. The highest BCUT2D eigenvalue weighted by molar-refractivity contribution is 5.48. The Balaban J connectivity index is 1.56. The first kappa shape index (κ1) is 18.8. The Morgan fingerprint density at radius 1 is 1.12 bits per heavy atom. The average molecular weight is 351 g/mol. The van der Waals surface area contributed by atoms with Crippen molar-refractivity contribution in [2.75, 3.05) is 32.8 Å². The molecule has 0 amide bonds. The molecule has 4 heteroatoms. The summed E-state index contributed by atoms with van der Waals surface area (Å²) in [4.78, 5) is 9.57. The molecule has 1 fully saturated rings. The summed E-state index contributed by atoms with van der Waals surface area (Å²) in [5.74, 6) is 0. The number of pyridine rings is 1. The Bertz CT molecular complexity index is 702. The van der Waals surface area contributed by atoms with E-state index in [0.717, 1.165) is 50.5 Å². The molecule has 138 valence electrons. The van der Waals surface area contributed by atoms with Crippen molar-refractivity contribution in [3.05, 3.63) is 71.6 Å². The van der Waals surface area contributed by atoms with Crippen LogP contribution in [0, 0.1) is 6.92 Å². The van der Waals surface area contributed by atoms with Crippen LogP contribution in [0.2, 0.25) is 0 Å². The predicted octanol–water partition coefficient (Wildman–Crippen LogP) is 2.97. The SMILES string of the molecule is Cc1cccc(CN2CCN(CC=Cc3ccccc3)CC2CCO)n1. The molecule has 2 heterocycles. The number of hydrogen-bond acceptors (Lipinski definition) is 4. The Kier molecular flexibility index (Phi) is 6.95. The Hall–Kier alpha value is -2.01. The van der Waals surface area contributed by atoms with Crippen LogP contribution in [0.1, 0.15) is 23.4 Å². The lowest BCUT2D eigenvalue weighted by Crippen LogP contribution is -2.52. The zero-order valence-electron chi connectivity index (χ0n) is 15.6. The number of aromatic nitrogens is 1. The molecule has 0 saturated carbocycles. The average Bonchev–Trinajstić information content (AvgIpc) is 2.65. The van der Waals surface area contributed by atoms with Crippen molar-refractivity contribution >= 4 is 6.08 Å². The van der Waals surface area contributed by atoms with Crippen molar-refractivity contribution < 1.29 is 5.11 Å². The fourth-order valence-electron chi connectivity index (χ4n) is 3.55. The molecule has 1 aliphatic heterocycles. The molecule has 3 rings (SSSR count). The van der Waals surface area contributed by atoms with Crippen molar-refractivity contribution in [2.24, 2.45) is 0 Å². The number of rotatable bonds is 7. The van der Waals surface area contributed by atoms with E-state index < -0.39 is 0 Å². The first-order valence-corrected chi connectivity index (χ1v) is 9.46. The second-order valence-corrected chi connectivity index (χ2v) is 6.98. The molecule has 26 heavy (non-hydrogen) atoms. The Labute approximate surface area is 156 Å². The monoisotopic (exact) mass is 351 g/mol. The molecule has 1 atom stereocenters. The minimum absolute atomic E-state index is 0.232. The summed E-state index contributed by atoms with van der Waals surface area (Å²) < 4.78 is 0. The lowest BCUT2D eigenvalue weighted by molar-refractivity contribution is 0.0587. The maximum absolute atomic E-state index is 9.48. The molecule has 0 radical (unpaired) electrons. The van der Waals surface area contributed by atoms with E-state index in [2.05, 4.69) is 63.3 Å². The summed E-state index contributed by atoms with van der Waals surface area (Å²) in [6.07, 6.45) is 5.23. The zero-order valence-corrected chi connectivity index (χ0v) is 15.6. The van der Waals surface area contributed by atoms with E-state index in [1.54, 1.807) is 0 Å². The van der Waals surface area contributed by atoms with Gasteiger partial charge in [0, 0.05) is 51.1 Å². The fourth-order valence-corrected chi connectivity index (χ4v) is 3.55. The van der Waals surface area contributed by atoms with Crippen LogP contribution in [0.3, 0.4) is 0 Å². The van der Waals surface area contributed by atoms with Crippen LogP contribution in [0.4, 0.5) is 0 Å². The van der Waals surface area contributed by atoms with Gasteiger partial charge in [0.2, 0.25) is 0 Å². The fraction of sp³-hybridized carbons (Fsp3) is 0.409. The van der Waals surface area contributed by atoms with Gasteiger partial charge >= 0.3 is 0 Å². The van der Waals surface area contributed by atoms with Crippen molar-refractivity contribution in [3.63, 3.8) is 0 Å². The largest absolute Gasteiger partial charge is 0.396 e. The van der Waals surface area contributed by atoms with E-state index in [9.17, 15) is 5.11 Å². The summed E-state index contributed by atoms with van der Waals surface area (Å²) >= 11 is 0. The maximum Gasteiger partial charge on any atom is 0.0547 e. The standard InChI is InChI=1S/C22H29N3O/c1-19-7-5-11-21(23-19)17-25-15-14-24(18-22(25)12-16-26)13-6-10-20-8-3-2-4-9-20/h2-11,22,26H,12-18H2,1H3. The van der Waals surface area contributed by atoms with Gasteiger partial charge in [0.15, 0.2) is 0 Å². The van der Waals surface area contributed by atoms with Crippen molar-refractivity contribution in [1.29, 1.82) is 0 Å². The van der Waals surface area contributed by atoms with Gasteiger partial charge in [0.1, 0.15) is 0 Å². The quantitative estimate of drug-likeness (QED) is 0.832. The van der Waals surface area contributed by atoms with Crippen LogP contribution in [0.5, 0.6) is 0 Å². The summed E-state index contributed by atoms with van der Waals surface area (Å²) in [5.41, 5.74) is 3.42. The second-order valence-electron chi connectivity index (χ2n) is 6.98. The van der Waals surface area contributed by atoms with Crippen LogP contribution in [0.15, 0.2) is 54.6 Å². The van der Waals surface area contributed by atoms with Gasteiger partial charge in [-0.15, -0.1) is 0 Å². The summed E-state index contributed by atoms with van der Waals surface area (Å²) in [7, 11) is 0. The number of aliphatic hydroxyl groups excluding tert-OH is 1. The van der Waals surface area contributed by atoms with Crippen LogP contribution >= 0.6 is 0 Å². The first-order chi connectivity index (χ1) is 12.7. The number of piperazine rings is 1. The van der Waals surface area contributed by atoms with Crippen molar-refractivity contribution in [1.82, 2.24) is 14.8 Å². The van der Waals surface area contributed by atoms with Gasteiger partial charge in [0.25, 0.3) is 0 Å². The zero-order chi connectivity index (χ0) is 18.2. The van der Waals surface area contributed by atoms with Gasteiger partial charge in [0.05, 0.1) is 5.69 Å². The van der Waals surface area contributed by atoms with Crippen molar-refractivity contribution in [2.45, 2.75) is 25.9 Å². The summed E-state index contributed by atoms with van der Waals surface area (Å²) in [6, 6.07) is 17.0. The molecule has 4 nitrogen and oxygen atoms in total. The number of benzene rings is 1. The maximum atomic E-state index is 9.48. The van der Waals surface area contributed by atoms with E-state index in [1.807, 2.05) is 19.1 Å². The molecular formula is C22H29N3O. The normalized spacial score (nSPS) is 19.2. The molecule has 1 unspecified atom stereocenters. The van der Waals surface area contributed by atoms with Crippen LogP contribution in [-0.4, -0.2) is 58.7 Å². The third kappa shape index (κ3) is 5.49. The van der Waals surface area contributed by atoms with Crippen LogP contribution < -0.4 is 0 Å². The minimum Gasteiger partial charge on any atom is -0.396 e. The molecule has 1 aromatic heterocycles. The molecule has 0 aliphatic carbocycles. The number of aryl methyl sites for hydroxylation is 1. The summed E-state index contributed by atoms with van der Waals surface area (Å²) in [6.45, 7) is 7.13. The number of hydrogen-bond donors (Lipinski definition) is 1. The van der Waals surface area contributed by atoms with Gasteiger partial charge < -0.3 is 5.11 Å². The Morgan fingerprint density at radius 3 is 2.73 bits per heavy atom. The summed E-state index contributed by atoms with van der Waals surface area (Å²) in [5, 5.41) is 9.48. The van der Waals surface area contributed by atoms with Gasteiger partial charge in [-0.1, -0.05) is 48.6 Å². The van der Waals surface area contributed by atoms with E-state index in [-0.39, 0.29) is 6.61 Å². The van der Waals surface area contributed by atoms with Crippen LogP contribution in [-0.2, 0) is 6.54 Å². The Morgan fingerprint density at radius 2 is 1.96 bits per heavy atom. The van der Waals surface area contributed by atoms with Crippen LogP contribution in [0.25, 0.3) is 6.08 Å². The lowest BCUT2D eigenvalue weighted by Gasteiger charge is -2.41. The molecule has 2 aromatic rings. The molecular weight excluding hydrogens is 322 g/mol. The lowest BCUT2D eigenvalue weighted by atomic mass is 10.1. The second kappa shape index (κ2) is 9.62.